The Kier molecular flexibility index (Phi) is 10.3. The Morgan fingerprint density at radius 2 is 1.96 bits per heavy atom. The number of ether oxygens (including phenoxy) is 2. The van der Waals surface area contributed by atoms with Gasteiger partial charge in [0.2, 0.25) is 5.91 Å². The molecule has 4 heterocycles. The molecule has 2 amide bonds. The third kappa shape index (κ3) is 6.84. The number of nitrogens with one attached hydrogen (secondary N) is 2. The number of aliphatic hydroxyl groups is 1. The molecule has 14 heteroatoms. The first-order valence-corrected chi connectivity index (χ1v) is 20.3. The van der Waals surface area contributed by atoms with Crippen molar-refractivity contribution in [2.45, 2.75) is 82.3 Å². The normalized spacial score (nSPS) is 21.7. The molecule has 4 atom stereocenters. The number of aliphatic hydroxyl groups excluding tert-OH is 1. The number of anilines is 2. The molecule has 50 heavy (non-hydrogen) atoms. The predicted octanol–water partition coefficient (Wildman–Crippen LogP) is 4.05. The van der Waals surface area contributed by atoms with E-state index in [9.17, 15) is 24.3 Å². The number of carbonyl (C=O) groups excluding carboxylic acids is 3. The van der Waals surface area contributed by atoms with Crippen molar-refractivity contribution in [1.82, 2.24) is 20.0 Å². The van der Waals surface area contributed by atoms with Gasteiger partial charge in [-0.05, 0) is 62.2 Å². The molecule has 13 nitrogen and oxygen atoms in total. The van der Waals surface area contributed by atoms with E-state index in [4.69, 9.17) is 9.47 Å². The Balaban J connectivity index is 1.30. The maximum Gasteiger partial charge on any atom is 0.305 e. The highest BCUT2D eigenvalue weighted by Crippen LogP contribution is 2.60. The molecule has 1 fully saturated rings. The minimum atomic E-state index is -2.91. The van der Waals surface area contributed by atoms with Gasteiger partial charge in [0.05, 0.1) is 31.0 Å². The van der Waals surface area contributed by atoms with Crippen molar-refractivity contribution in [1.29, 1.82) is 0 Å². The lowest BCUT2D eigenvalue weighted by molar-refractivity contribution is -0.146. The first kappa shape index (κ1) is 35.5. The molecule has 2 aromatic heterocycles. The number of hydrogen-bond acceptors (Lipinski definition) is 9. The van der Waals surface area contributed by atoms with Crippen LogP contribution in [0.1, 0.15) is 49.4 Å². The molecule has 6 rings (SSSR count). The first-order chi connectivity index (χ1) is 24.0. The average Bonchev–Trinajstić information content (AvgIpc) is 3.83. The van der Waals surface area contributed by atoms with Gasteiger partial charge in [-0.2, -0.15) is 0 Å². The van der Waals surface area contributed by atoms with Crippen molar-refractivity contribution < 1.29 is 33.8 Å². The van der Waals surface area contributed by atoms with Gasteiger partial charge in [0.1, 0.15) is 0 Å². The Morgan fingerprint density at radius 1 is 1.16 bits per heavy atom. The second-order valence-corrected chi connectivity index (χ2v) is 17.9. The summed E-state index contributed by atoms with van der Waals surface area (Å²) in [5.41, 5.74) is 2.74. The number of aryl methyl sites for hydroxylation is 1. The third-order valence-electron chi connectivity index (χ3n) is 10.1. The minimum Gasteiger partial charge on any atom is -0.469 e. The fourth-order valence-corrected chi connectivity index (χ4v) is 10.5. The van der Waals surface area contributed by atoms with E-state index in [1.165, 1.54) is 7.11 Å². The zero-order valence-electron chi connectivity index (χ0n) is 29.0. The number of rotatable bonds is 14. The topological polar surface area (TPSA) is 172 Å². The van der Waals surface area contributed by atoms with E-state index in [0.29, 0.717) is 61.4 Å². The van der Waals surface area contributed by atoms with Gasteiger partial charge in [-0.15, -0.1) is 5.10 Å². The monoisotopic (exact) mass is 702 g/mol. The summed E-state index contributed by atoms with van der Waals surface area (Å²) in [6, 6.07) is 13.3. The van der Waals surface area contributed by atoms with Crippen LogP contribution in [0.3, 0.4) is 0 Å². The minimum absolute atomic E-state index is 0.0248. The number of benzene rings is 2. The van der Waals surface area contributed by atoms with Crippen LogP contribution in [0.15, 0.2) is 54.9 Å². The second-order valence-electron chi connectivity index (χ2n) is 13.9. The quantitative estimate of drug-likeness (QED) is 0.0860. The standard InChI is InChI=1S/C36H46N6O7Si/c1-23-34(50(3,4)47)31(14-17-41-22-26(15-18-43)39-40-41)49-36(23)28-20-25(38-32(44)19-24-21-37-29-10-6-5-9-27(24)29)12-13-30(28)42(35(36)46)16-8-7-11-33(45)48-2/h5-6,9-10,12-13,20-23,31,34,37,43,47H,7-8,11,14-19H2,1-4H3,(H,38,44)/t23-,31+,34-,36+/m0/s1. The lowest BCUT2D eigenvalue weighted by atomic mass is 9.82. The zero-order valence-corrected chi connectivity index (χ0v) is 30.0. The van der Waals surface area contributed by atoms with Crippen LogP contribution in [-0.4, -0.2) is 82.3 Å². The SMILES string of the molecule is COC(=O)CCCCN1C(=O)[C@]2(O[C@H](CCn3cc(CCO)nn3)[C@@H]([Si](C)(C)O)[C@@H]2C)c2cc(NC(=O)Cc3c[nH]c4ccccc34)ccc21. The van der Waals surface area contributed by atoms with E-state index in [-0.39, 0.29) is 48.7 Å². The first-order valence-electron chi connectivity index (χ1n) is 17.2. The summed E-state index contributed by atoms with van der Waals surface area (Å²) in [6.45, 7) is 6.54. The highest BCUT2D eigenvalue weighted by Gasteiger charge is 2.66. The van der Waals surface area contributed by atoms with Gasteiger partial charge in [0.25, 0.3) is 5.91 Å². The van der Waals surface area contributed by atoms with Gasteiger partial charge in [0, 0.05) is 78.5 Å². The highest BCUT2D eigenvalue weighted by atomic mass is 28.4. The lowest BCUT2D eigenvalue weighted by Crippen LogP contribution is -2.46. The van der Waals surface area contributed by atoms with Crippen molar-refractivity contribution in [3.63, 3.8) is 0 Å². The van der Waals surface area contributed by atoms with Crippen molar-refractivity contribution in [3.8, 4) is 0 Å². The highest BCUT2D eigenvalue weighted by molar-refractivity contribution is 6.71. The van der Waals surface area contributed by atoms with Crippen LogP contribution in [0.4, 0.5) is 11.4 Å². The van der Waals surface area contributed by atoms with Gasteiger partial charge in [-0.1, -0.05) is 30.3 Å². The summed E-state index contributed by atoms with van der Waals surface area (Å²) in [5, 5.41) is 21.6. The molecular formula is C36H46N6O7Si. The summed E-state index contributed by atoms with van der Waals surface area (Å²) >= 11 is 0. The number of carbonyl (C=O) groups is 3. The molecule has 0 saturated carbocycles. The summed E-state index contributed by atoms with van der Waals surface area (Å²) < 4.78 is 13.4. The molecular weight excluding hydrogens is 657 g/mol. The summed E-state index contributed by atoms with van der Waals surface area (Å²) in [5.74, 6) is -1.09. The van der Waals surface area contributed by atoms with Crippen LogP contribution >= 0.6 is 0 Å². The number of esters is 1. The van der Waals surface area contributed by atoms with E-state index in [1.807, 2.05) is 62.6 Å². The molecule has 1 saturated heterocycles. The third-order valence-corrected chi connectivity index (χ3v) is 12.6. The smallest absolute Gasteiger partial charge is 0.305 e. The molecule has 4 N–H and O–H groups in total. The Labute approximate surface area is 292 Å². The summed E-state index contributed by atoms with van der Waals surface area (Å²) in [7, 11) is -1.55. The number of nitrogens with zero attached hydrogens (tertiary/aromatic N) is 4. The van der Waals surface area contributed by atoms with Gasteiger partial charge in [0.15, 0.2) is 13.9 Å². The Bertz CT molecular complexity index is 1870. The van der Waals surface area contributed by atoms with Gasteiger partial charge in [-0.3, -0.25) is 19.1 Å². The van der Waals surface area contributed by atoms with Crippen LogP contribution in [0, 0.1) is 5.92 Å². The molecule has 0 bridgehead atoms. The number of methoxy groups -OCH3 is 1. The molecule has 2 aromatic carbocycles. The number of unbranched alkanes of at least 4 members (excludes halogenated alkanes) is 1. The van der Waals surface area contributed by atoms with Crippen LogP contribution in [-0.2, 0) is 48.8 Å². The van der Waals surface area contributed by atoms with Crippen molar-refractivity contribution in [2.75, 3.05) is 30.5 Å². The van der Waals surface area contributed by atoms with Crippen molar-refractivity contribution in [3.05, 3.63) is 71.7 Å². The van der Waals surface area contributed by atoms with Gasteiger partial charge >= 0.3 is 5.97 Å². The fourth-order valence-electron chi connectivity index (χ4n) is 7.88. The molecule has 2 aliphatic heterocycles. The van der Waals surface area contributed by atoms with Gasteiger partial charge < -0.3 is 34.6 Å². The molecule has 0 unspecified atom stereocenters. The van der Waals surface area contributed by atoms with E-state index in [2.05, 4.69) is 20.6 Å². The molecule has 0 radical (unpaired) electrons. The molecule has 4 aromatic rings. The molecule has 0 aliphatic carbocycles. The maximum atomic E-state index is 14.7. The van der Waals surface area contributed by atoms with Crippen LogP contribution in [0.5, 0.6) is 0 Å². The zero-order chi connectivity index (χ0) is 35.6. The average molecular weight is 703 g/mol. The van der Waals surface area contributed by atoms with Gasteiger partial charge in [-0.25, -0.2) is 0 Å². The number of fused-ring (bicyclic) bond motifs is 3. The Hall–Kier alpha value is -4.37. The van der Waals surface area contributed by atoms with Crippen molar-refractivity contribution in [2.24, 2.45) is 5.92 Å². The number of para-hydroxylation sites is 1. The Morgan fingerprint density at radius 3 is 2.72 bits per heavy atom. The number of amides is 2. The lowest BCUT2D eigenvalue weighted by Gasteiger charge is -2.32. The summed E-state index contributed by atoms with van der Waals surface area (Å²) in [4.78, 5) is 56.5. The second kappa shape index (κ2) is 14.5. The molecule has 1 spiro atoms. The number of aromatic nitrogens is 4. The van der Waals surface area contributed by atoms with Crippen LogP contribution < -0.4 is 10.2 Å². The number of aromatic amines is 1. The fraction of sp³-hybridized carbons (Fsp3) is 0.472. The summed E-state index contributed by atoms with van der Waals surface area (Å²) in [6.07, 6.45) is 5.61. The number of H-pyrrole nitrogens is 1. The van der Waals surface area contributed by atoms with E-state index in [1.54, 1.807) is 21.8 Å². The predicted molar refractivity (Wildman–Crippen MR) is 190 cm³/mol. The van der Waals surface area contributed by atoms with E-state index < -0.39 is 20.0 Å². The maximum absolute atomic E-state index is 14.7. The molecule has 2 aliphatic rings. The number of hydrogen-bond donors (Lipinski definition) is 4. The largest absolute Gasteiger partial charge is 0.469 e. The van der Waals surface area contributed by atoms with Crippen molar-refractivity contribution >= 4 is 48.4 Å². The molecule has 266 valence electrons. The van der Waals surface area contributed by atoms with Crippen LogP contribution in [0.2, 0.25) is 18.6 Å². The van der Waals surface area contributed by atoms with Crippen LogP contribution in [0.25, 0.3) is 10.9 Å². The van der Waals surface area contributed by atoms with E-state index >= 15 is 0 Å². The van der Waals surface area contributed by atoms with E-state index in [0.717, 1.165) is 16.5 Å².